The van der Waals surface area contributed by atoms with Gasteiger partial charge in [-0.1, -0.05) is 135 Å². The molecule has 0 amide bonds. The lowest BCUT2D eigenvalue weighted by molar-refractivity contribution is 1.14. The molecule has 0 aliphatic heterocycles. The maximum atomic E-state index is 3.87. The van der Waals surface area contributed by atoms with E-state index < -0.39 is 16.1 Å². The summed E-state index contributed by atoms with van der Waals surface area (Å²) in [5, 5.41) is 0. The van der Waals surface area contributed by atoms with Crippen LogP contribution in [0.25, 0.3) is 12.2 Å². The average Bonchev–Trinajstić information content (AvgIpc) is 2.75. The second-order valence-corrected chi connectivity index (χ2v) is 20.8. The molecule has 0 aliphatic carbocycles. The lowest BCUT2D eigenvalue weighted by Crippen LogP contribution is -2.36. The SMILES string of the molecule is C=Cc1ccc(C[Si](C)(C)Cc2ccccc2C[Si](C)(C)Cc2ccc(C=C)cc2)cc1. The van der Waals surface area contributed by atoms with Crippen molar-refractivity contribution < 1.29 is 0 Å². The Morgan fingerprint density at radius 3 is 1.19 bits per heavy atom. The van der Waals surface area contributed by atoms with Crippen LogP contribution < -0.4 is 0 Å². The highest BCUT2D eigenvalue weighted by Crippen LogP contribution is 2.25. The molecule has 2 heteroatoms. The Labute approximate surface area is 197 Å². The second kappa shape index (κ2) is 10.5. The van der Waals surface area contributed by atoms with E-state index >= 15 is 0 Å². The van der Waals surface area contributed by atoms with Crippen molar-refractivity contribution in [3.8, 4) is 0 Å². The molecule has 0 bridgehead atoms. The first kappa shape index (κ1) is 24.2. The van der Waals surface area contributed by atoms with Gasteiger partial charge in [0, 0.05) is 0 Å². The quantitative estimate of drug-likeness (QED) is 0.271. The molecule has 0 atom stereocenters. The summed E-state index contributed by atoms with van der Waals surface area (Å²) in [5.74, 6) is 0. The molecule has 3 aromatic rings. The molecule has 166 valence electrons. The molecule has 0 spiro atoms. The molecule has 0 radical (unpaired) electrons. The van der Waals surface area contributed by atoms with Crippen molar-refractivity contribution in [3.05, 3.63) is 119 Å². The summed E-state index contributed by atoms with van der Waals surface area (Å²) >= 11 is 0. The fraction of sp³-hybridized carbons (Fsp3) is 0.267. The lowest BCUT2D eigenvalue weighted by atomic mass is 10.1. The monoisotopic (exact) mass is 454 g/mol. The predicted molar refractivity (Wildman–Crippen MR) is 149 cm³/mol. The van der Waals surface area contributed by atoms with Gasteiger partial charge < -0.3 is 0 Å². The largest absolute Gasteiger partial charge is 0.0985 e. The first-order valence-corrected chi connectivity index (χ1v) is 18.5. The minimum absolute atomic E-state index is 1.20. The van der Waals surface area contributed by atoms with Crippen molar-refractivity contribution in [2.75, 3.05) is 0 Å². The molecular weight excluding hydrogens is 417 g/mol. The number of hydrogen-bond donors (Lipinski definition) is 0. The maximum Gasteiger partial charge on any atom is 0.0561 e. The zero-order valence-corrected chi connectivity index (χ0v) is 22.3. The Morgan fingerprint density at radius 2 is 0.875 bits per heavy atom. The molecule has 0 fully saturated rings. The van der Waals surface area contributed by atoms with Crippen molar-refractivity contribution in [3.63, 3.8) is 0 Å². The Morgan fingerprint density at radius 1 is 0.531 bits per heavy atom. The first-order valence-electron chi connectivity index (χ1n) is 11.7. The highest BCUT2D eigenvalue weighted by atomic mass is 28.3. The van der Waals surface area contributed by atoms with E-state index in [1.165, 1.54) is 46.4 Å². The normalized spacial score (nSPS) is 11.9. The third-order valence-corrected chi connectivity index (χ3v) is 11.7. The fourth-order valence-electron chi connectivity index (χ4n) is 4.71. The van der Waals surface area contributed by atoms with E-state index in [4.69, 9.17) is 0 Å². The van der Waals surface area contributed by atoms with Crippen molar-refractivity contribution >= 4 is 28.3 Å². The van der Waals surface area contributed by atoms with Crippen molar-refractivity contribution in [1.82, 2.24) is 0 Å². The van der Waals surface area contributed by atoms with E-state index in [2.05, 4.69) is 112 Å². The molecule has 32 heavy (non-hydrogen) atoms. The van der Waals surface area contributed by atoms with Gasteiger partial charge in [0.05, 0.1) is 16.1 Å². The van der Waals surface area contributed by atoms with Crippen molar-refractivity contribution in [2.24, 2.45) is 0 Å². The Kier molecular flexibility index (Phi) is 7.92. The summed E-state index contributed by atoms with van der Waals surface area (Å²) in [4.78, 5) is 0. The van der Waals surface area contributed by atoms with Crippen LogP contribution >= 0.6 is 0 Å². The van der Waals surface area contributed by atoms with Crippen LogP contribution in [0.4, 0.5) is 0 Å². The molecule has 3 aromatic carbocycles. The molecule has 3 rings (SSSR count). The van der Waals surface area contributed by atoms with E-state index in [-0.39, 0.29) is 0 Å². The van der Waals surface area contributed by atoms with Gasteiger partial charge in [-0.2, -0.15) is 0 Å². The standard InChI is InChI=1S/C30H38Si2/c1-7-25-13-17-27(18-14-25)21-31(3,4)23-29-11-9-10-12-30(29)24-32(5,6)22-28-19-15-26(8-2)16-20-28/h7-20H,1-2,21-24H2,3-6H3. The van der Waals surface area contributed by atoms with E-state index in [9.17, 15) is 0 Å². The van der Waals surface area contributed by atoms with E-state index in [0.29, 0.717) is 0 Å². The van der Waals surface area contributed by atoms with Crippen LogP contribution in [0.1, 0.15) is 33.4 Å². The van der Waals surface area contributed by atoms with Crippen LogP contribution in [0.15, 0.2) is 86.0 Å². The molecule has 0 saturated carbocycles. The highest BCUT2D eigenvalue weighted by molar-refractivity contribution is 6.77. The van der Waals surface area contributed by atoms with Crippen LogP contribution in [0, 0.1) is 0 Å². The average molecular weight is 455 g/mol. The van der Waals surface area contributed by atoms with Crippen LogP contribution in [-0.2, 0) is 24.2 Å². The van der Waals surface area contributed by atoms with Crippen molar-refractivity contribution in [1.29, 1.82) is 0 Å². The molecule has 0 saturated heterocycles. The van der Waals surface area contributed by atoms with Gasteiger partial charge in [0.1, 0.15) is 0 Å². The number of benzene rings is 3. The minimum atomic E-state index is -1.42. The van der Waals surface area contributed by atoms with Crippen LogP contribution in [0.3, 0.4) is 0 Å². The molecule has 0 heterocycles. The number of hydrogen-bond acceptors (Lipinski definition) is 0. The molecular formula is C30H38Si2. The smallest absolute Gasteiger partial charge is 0.0561 e. The van der Waals surface area contributed by atoms with E-state index in [1.54, 1.807) is 11.1 Å². The summed E-state index contributed by atoms with van der Waals surface area (Å²) < 4.78 is 0. The van der Waals surface area contributed by atoms with Gasteiger partial charge in [-0.3, -0.25) is 0 Å². The second-order valence-electron chi connectivity index (χ2n) is 10.7. The predicted octanol–water partition coefficient (Wildman–Crippen LogP) is 8.12. The van der Waals surface area contributed by atoms with Gasteiger partial charge in [0.2, 0.25) is 0 Å². The Hall–Kier alpha value is -2.43. The van der Waals surface area contributed by atoms with Crippen LogP contribution in [-0.4, -0.2) is 16.1 Å². The topological polar surface area (TPSA) is 0 Å². The summed E-state index contributed by atoms with van der Waals surface area (Å²) in [7, 11) is -2.85. The highest BCUT2D eigenvalue weighted by Gasteiger charge is 2.26. The summed E-state index contributed by atoms with van der Waals surface area (Å²) in [6, 6.07) is 32.0. The van der Waals surface area contributed by atoms with Crippen LogP contribution in [0.5, 0.6) is 0 Å². The van der Waals surface area contributed by atoms with Crippen LogP contribution in [0.2, 0.25) is 26.2 Å². The first-order chi connectivity index (χ1) is 15.2. The van der Waals surface area contributed by atoms with Gasteiger partial charge in [-0.25, -0.2) is 0 Å². The number of rotatable bonds is 10. The van der Waals surface area contributed by atoms with Gasteiger partial charge in [0.25, 0.3) is 0 Å². The molecule has 0 nitrogen and oxygen atoms in total. The van der Waals surface area contributed by atoms with E-state index in [1.807, 2.05) is 12.2 Å². The zero-order valence-electron chi connectivity index (χ0n) is 20.3. The summed E-state index contributed by atoms with van der Waals surface area (Å²) in [6.07, 6.45) is 3.84. The third kappa shape index (κ3) is 7.04. The third-order valence-electron chi connectivity index (χ3n) is 6.25. The van der Waals surface area contributed by atoms with Gasteiger partial charge >= 0.3 is 0 Å². The van der Waals surface area contributed by atoms with Gasteiger partial charge in [-0.15, -0.1) is 0 Å². The fourth-order valence-corrected chi connectivity index (χ4v) is 10.4. The summed E-state index contributed by atoms with van der Waals surface area (Å²) in [5.41, 5.74) is 8.48. The van der Waals surface area contributed by atoms with Crippen molar-refractivity contribution in [2.45, 2.75) is 50.4 Å². The van der Waals surface area contributed by atoms with Gasteiger partial charge in [-0.05, 0) is 46.4 Å². The minimum Gasteiger partial charge on any atom is -0.0985 e. The Bertz CT molecular complexity index is 954. The summed E-state index contributed by atoms with van der Waals surface area (Å²) in [6.45, 7) is 17.9. The van der Waals surface area contributed by atoms with E-state index in [0.717, 1.165) is 0 Å². The molecule has 0 aromatic heterocycles. The molecule has 0 unspecified atom stereocenters. The van der Waals surface area contributed by atoms with Gasteiger partial charge in [0.15, 0.2) is 0 Å². The Balaban J connectivity index is 1.72. The lowest BCUT2D eigenvalue weighted by Gasteiger charge is -2.27. The molecule has 0 N–H and O–H groups in total. The maximum absolute atomic E-state index is 3.87. The zero-order chi connectivity index (χ0) is 23.2. The molecule has 0 aliphatic rings.